The Kier molecular flexibility index (Phi) is 8.51. The molecule has 0 aliphatic heterocycles. The van der Waals surface area contributed by atoms with E-state index in [9.17, 15) is 0 Å². The standard InChI is InChI=1S/C21H28IO/c1-3-5-7-10-18(4-2)17-23-21-15-13-20(14-16-21)22-19-11-8-6-9-12-19/h6,8-9,11-16,18H,3-5,7,10,17H2,1-2H3/q+1. The van der Waals surface area contributed by atoms with Crippen LogP contribution >= 0.6 is 0 Å². The van der Waals surface area contributed by atoms with Gasteiger partial charge in [-0.1, -0.05) is 57.7 Å². The number of ether oxygens (including phenoxy) is 1. The first-order valence-corrected chi connectivity index (χ1v) is 10.9. The summed E-state index contributed by atoms with van der Waals surface area (Å²) < 4.78 is 8.91. The van der Waals surface area contributed by atoms with Gasteiger partial charge in [0.2, 0.25) is 0 Å². The average molecular weight is 423 g/mol. The summed E-state index contributed by atoms with van der Waals surface area (Å²) in [5, 5.41) is 0. The van der Waals surface area contributed by atoms with Crippen LogP contribution in [0.15, 0.2) is 54.6 Å². The maximum Gasteiger partial charge on any atom is 0.357 e. The number of unbranched alkanes of at least 4 members (excludes halogenated alkanes) is 2. The lowest BCUT2D eigenvalue weighted by Crippen LogP contribution is -3.61. The van der Waals surface area contributed by atoms with E-state index in [4.69, 9.17) is 4.74 Å². The molecule has 0 fully saturated rings. The van der Waals surface area contributed by atoms with E-state index in [0.717, 1.165) is 12.4 Å². The summed E-state index contributed by atoms with van der Waals surface area (Å²) in [7, 11) is 0. The molecule has 0 saturated heterocycles. The molecule has 0 bridgehead atoms. The molecule has 2 heteroatoms. The van der Waals surface area contributed by atoms with Crippen LogP contribution in [0.5, 0.6) is 5.75 Å². The second-order valence-corrected chi connectivity index (χ2v) is 8.96. The molecule has 124 valence electrons. The summed E-state index contributed by atoms with van der Waals surface area (Å²) in [5.74, 6) is 1.71. The monoisotopic (exact) mass is 423 g/mol. The largest absolute Gasteiger partial charge is 0.493 e. The molecule has 0 saturated carbocycles. The summed E-state index contributed by atoms with van der Waals surface area (Å²) in [6.07, 6.45) is 6.47. The van der Waals surface area contributed by atoms with Gasteiger partial charge in [0.05, 0.1) is 6.61 Å². The molecule has 0 aliphatic carbocycles. The fourth-order valence-electron chi connectivity index (χ4n) is 2.50. The van der Waals surface area contributed by atoms with Crippen molar-refractivity contribution in [3.63, 3.8) is 0 Å². The third-order valence-electron chi connectivity index (χ3n) is 4.04. The molecule has 2 rings (SSSR count). The maximum absolute atomic E-state index is 6.01. The minimum Gasteiger partial charge on any atom is -0.493 e. The van der Waals surface area contributed by atoms with Gasteiger partial charge in [0.15, 0.2) is 7.14 Å². The quantitative estimate of drug-likeness (QED) is 0.422. The smallest absolute Gasteiger partial charge is 0.357 e. The van der Waals surface area contributed by atoms with E-state index < -0.39 is 0 Å². The lowest BCUT2D eigenvalue weighted by Gasteiger charge is -2.15. The van der Waals surface area contributed by atoms with Gasteiger partial charge in [-0.15, -0.1) is 0 Å². The summed E-state index contributed by atoms with van der Waals surface area (Å²) in [4.78, 5) is 0. The molecule has 0 N–H and O–H groups in total. The predicted octanol–water partition coefficient (Wildman–Crippen LogP) is 2.80. The molecule has 1 atom stereocenters. The minimum atomic E-state index is -0.0759. The van der Waals surface area contributed by atoms with Gasteiger partial charge < -0.3 is 4.74 Å². The van der Waals surface area contributed by atoms with Crippen LogP contribution in [-0.4, -0.2) is 6.61 Å². The molecule has 2 aromatic rings. The molecule has 23 heavy (non-hydrogen) atoms. The summed E-state index contributed by atoms with van der Waals surface area (Å²) in [5.41, 5.74) is 0. The molecular formula is C21H28IO+. The summed E-state index contributed by atoms with van der Waals surface area (Å²) in [6, 6.07) is 19.5. The predicted molar refractivity (Wildman–Crippen MR) is 93.7 cm³/mol. The van der Waals surface area contributed by atoms with Crippen LogP contribution in [0, 0.1) is 13.1 Å². The SMILES string of the molecule is CCCCCC(CC)COc1ccc([I+]c2ccccc2)cc1. The Morgan fingerprint density at radius 3 is 2.22 bits per heavy atom. The zero-order valence-corrected chi connectivity index (χ0v) is 16.5. The third-order valence-corrected chi connectivity index (χ3v) is 6.73. The number of hydrogen-bond donors (Lipinski definition) is 0. The van der Waals surface area contributed by atoms with Crippen LogP contribution in [0.25, 0.3) is 0 Å². The first kappa shape index (κ1) is 18.3. The molecule has 0 aliphatic rings. The van der Waals surface area contributed by atoms with Gasteiger partial charge in [-0.2, -0.15) is 0 Å². The van der Waals surface area contributed by atoms with E-state index in [1.54, 1.807) is 0 Å². The second-order valence-electron chi connectivity index (χ2n) is 5.93. The Balaban J connectivity index is 1.80. The molecule has 0 amide bonds. The Morgan fingerprint density at radius 1 is 0.870 bits per heavy atom. The zero-order chi connectivity index (χ0) is 16.3. The van der Waals surface area contributed by atoms with E-state index in [-0.39, 0.29) is 21.2 Å². The topological polar surface area (TPSA) is 9.23 Å². The fourth-order valence-corrected chi connectivity index (χ4v) is 4.71. The number of rotatable bonds is 10. The van der Waals surface area contributed by atoms with Gasteiger partial charge in [-0.25, -0.2) is 0 Å². The number of benzene rings is 2. The Morgan fingerprint density at radius 2 is 1.57 bits per heavy atom. The van der Waals surface area contributed by atoms with Crippen LogP contribution in [0.2, 0.25) is 0 Å². The van der Waals surface area contributed by atoms with Crippen molar-refractivity contribution >= 4 is 0 Å². The van der Waals surface area contributed by atoms with E-state index in [1.807, 2.05) is 0 Å². The Labute approximate surface area is 151 Å². The molecular weight excluding hydrogens is 395 g/mol. The van der Waals surface area contributed by atoms with Crippen molar-refractivity contribution in [3.8, 4) is 5.75 Å². The van der Waals surface area contributed by atoms with E-state index in [1.165, 1.54) is 39.2 Å². The van der Waals surface area contributed by atoms with Crippen molar-refractivity contribution in [2.24, 2.45) is 5.92 Å². The van der Waals surface area contributed by atoms with Crippen molar-refractivity contribution in [1.82, 2.24) is 0 Å². The Bertz CT molecular complexity index is 536. The summed E-state index contributed by atoms with van der Waals surface area (Å²) in [6.45, 7) is 5.39. The van der Waals surface area contributed by atoms with Crippen LogP contribution in [0.1, 0.15) is 46.0 Å². The van der Waals surface area contributed by atoms with E-state index in [2.05, 4.69) is 68.4 Å². The molecule has 0 spiro atoms. The molecule has 1 nitrogen and oxygen atoms in total. The molecule has 0 aromatic heterocycles. The van der Waals surface area contributed by atoms with Crippen LogP contribution in [0.3, 0.4) is 0 Å². The van der Waals surface area contributed by atoms with Crippen molar-refractivity contribution in [1.29, 1.82) is 0 Å². The van der Waals surface area contributed by atoms with Crippen LogP contribution in [-0.2, 0) is 0 Å². The van der Waals surface area contributed by atoms with Gasteiger partial charge >= 0.3 is 21.2 Å². The first-order chi connectivity index (χ1) is 11.3. The second kappa shape index (κ2) is 10.7. The maximum atomic E-state index is 6.01. The van der Waals surface area contributed by atoms with Crippen LogP contribution < -0.4 is 25.9 Å². The highest BCUT2D eigenvalue weighted by molar-refractivity contribution is 5.20. The molecule has 0 radical (unpaired) electrons. The zero-order valence-electron chi connectivity index (χ0n) is 14.3. The Hall–Kier alpha value is -1.03. The third kappa shape index (κ3) is 6.94. The fraction of sp³-hybridized carbons (Fsp3) is 0.429. The highest BCUT2D eigenvalue weighted by Gasteiger charge is 2.14. The van der Waals surface area contributed by atoms with Gasteiger partial charge in [0, 0.05) is 0 Å². The van der Waals surface area contributed by atoms with E-state index in [0.29, 0.717) is 5.92 Å². The molecule has 1 unspecified atom stereocenters. The van der Waals surface area contributed by atoms with Crippen LogP contribution in [0.4, 0.5) is 0 Å². The molecule has 0 heterocycles. The van der Waals surface area contributed by atoms with Crippen molar-refractivity contribution in [2.75, 3.05) is 6.61 Å². The average Bonchev–Trinajstić information content (AvgIpc) is 2.60. The van der Waals surface area contributed by atoms with Crippen molar-refractivity contribution < 1.29 is 25.9 Å². The first-order valence-electron chi connectivity index (χ1n) is 8.74. The van der Waals surface area contributed by atoms with Gasteiger partial charge in [0.25, 0.3) is 0 Å². The lowest BCUT2D eigenvalue weighted by atomic mass is 10.00. The lowest BCUT2D eigenvalue weighted by molar-refractivity contribution is -0.597. The summed E-state index contributed by atoms with van der Waals surface area (Å²) >= 11 is -0.0759. The number of halogens is 1. The molecule has 2 aromatic carbocycles. The van der Waals surface area contributed by atoms with Gasteiger partial charge in [0.1, 0.15) is 5.75 Å². The van der Waals surface area contributed by atoms with Gasteiger partial charge in [-0.3, -0.25) is 0 Å². The van der Waals surface area contributed by atoms with Crippen molar-refractivity contribution in [3.05, 3.63) is 61.7 Å². The van der Waals surface area contributed by atoms with Gasteiger partial charge in [-0.05, 0) is 48.7 Å². The number of hydrogen-bond acceptors (Lipinski definition) is 1. The minimum absolute atomic E-state index is 0.0759. The highest BCUT2D eigenvalue weighted by atomic mass is 127. The van der Waals surface area contributed by atoms with E-state index >= 15 is 0 Å². The highest BCUT2D eigenvalue weighted by Crippen LogP contribution is 2.16. The van der Waals surface area contributed by atoms with Crippen molar-refractivity contribution in [2.45, 2.75) is 46.0 Å². The normalized spacial score (nSPS) is 12.1.